The first-order chi connectivity index (χ1) is 14.8. The fraction of sp³-hybridized carbons (Fsp3) is 0.381. The second-order valence-electron chi connectivity index (χ2n) is 7.38. The van der Waals surface area contributed by atoms with Gasteiger partial charge in [-0.15, -0.1) is 11.3 Å². The molecule has 4 aromatic rings. The fourth-order valence-electron chi connectivity index (χ4n) is 3.72. The molecule has 1 fully saturated rings. The lowest BCUT2D eigenvalue weighted by atomic mass is 9.96. The van der Waals surface area contributed by atoms with E-state index >= 15 is 0 Å². The molecule has 8 nitrogen and oxygen atoms in total. The molecule has 4 aromatic heterocycles. The van der Waals surface area contributed by atoms with Gasteiger partial charge in [0.2, 0.25) is 23.4 Å². The van der Waals surface area contributed by atoms with E-state index in [1.807, 2.05) is 35.7 Å². The van der Waals surface area contributed by atoms with E-state index in [2.05, 4.69) is 30.2 Å². The summed E-state index contributed by atoms with van der Waals surface area (Å²) in [5.74, 6) is 3.00. The maximum Gasteiger partial charge on any atom is 0.230 e. The van der Waals surface area contributed by atoms with E-state index in [1.165, 1.54) is 0 Å². The Labute approximate surface area is 178 Å². The molecule has 1 aliphatic heterocycles. The number of likely N-dealkylation sites (tertiary alicyclic amines) is 1. The number of rotatable bonds is 7. The van der Waals surface area contributed by atoms with Crippen molar-refractivity contribution >= 4 is 11.3 Å². The molecule has 9 heteroatoms. The van der Waals surface area contributed by atoms with Crippen molar-refractivity contribution in [3.63, 3.8) is 0 Å². The van der Waals surface area contributed by atoms with Gasteiger partial charge in [-0.1, -0.05) is 22.4 Å². The van der Waals surface area contributed by atoms with Gasteiger partial charge >= 0.3 is 0 Å². The number of pyridine rings is 1. The van der Waals surface area contributed by atoms with Crippen molar-refractivity contribution in [1.29, 1.82) is 0 Å². The predicted octanol–water partition coefficient (Wildman–Crippen LogP) is 4.06. The molecule has 5 rings (SSSR count). The van der Waals surface area contributed by atoms with Crippen LogP contribution in [-0.4, -0.2) is 49.8 Å². The first-order valence-electron chi connectivity index (χ1n) is 10.2. The van der Waals surface area contributed by atoms with Gasteiger partial charge in [0.1, 0.15) is 5.69 Å². The average Bonchev–Trinajstić information content (AvgIpc) is 3.56. The lowest BCUT2D eigenvalue weighted by molar-refractivity contribution is 0.191. The van der Waals surface area contributed by atoms with Crippen molar-refractivity contribution < 1.29 is 9.05 Å². The van der Waals surface area contributed by atoms with Crippen LogP contribution in [0.15, 0.2) is 51.0 Å². The van der Waals surface area contributed by atoms with E-state index in [-0.39, 0.29) is 0 Å². The maximum atomic E-state index is 5.52. The number of hydrogen-bond donors (Lipinski definition) is 0. The van der Waals surface area contributed by atoms with Crippen LogP contribution in [0.5, 0.6) is 0 Å². The lowest BCUT2D eigenvalue weighted by Gasteiger charge is -2.30. The summed E-state index contributed by atoms with van der Waals surface area (Å²) in [7, 11) is 0. The molecular formula is C21H22N6O2S. The Kier molecular flexibility index (Phi) is 5.62. The van der Waals surface area contributed by atoms with Gasteiger partial charge in [-0.2, -0.15) is 9.97 Å². The smallest absolute Gasteiger partial charge is 0.230 e. The van der Waals surface area contributed by atoms with Gasteiger partial charge < -0.3 is 13.9 Å². The topological polar surface area (TPSA) is 94.0 Å². The van der Waals surface area contributed by atoms with Crippen molar-refractivity contribution in [3.05, 3.63) is 53.7 Å². The van der Waals surface area contributed by atoms with E-state index in [0.29, 0.717) is 23.5 Å². The maximum absolute atomic E-state index is 5.52. The van der Waals surface area contributed by atoms with Crippen LogP contribution in [0.4, 0.5) is 0 Å². The second-order valence-corrected chi connectivity index (χ2v) is 8.33. The van der Waals surface area contributed by atoms with E-state index in [4.69, 9.17) is 9.05 Å². The molecule has 30 heavy (non-hydrogen) atoms. The molecule has 0 N–H and O–H groups in total. The van der Waals surface area contributed by atoms with Crippen LogP contribution in [0.1, 0.15) is 37.0 Å². The molecule has 0 radical (unpaired) electrons. The summed E-state index contributed by atoms with van der Waals surface area (Å²) in [6.45, 7) is 3.07. The van der Waals surface area contributed by atoms with Crippen LogP contribution < -0.4 is 0 Å². The Balaban J connectivity index is 1.08. The molecule has 0 atom stereocenters. The molecule has 0 saturated carbocycles. The number of hydrogen-bond acceptors (Lipinski definition) is 9. The van der Waals surface area contributed by atoms with Gasteiger partial charge in [0.25, 0.3) is 0 Å². The standard InChI is InChI=1S/C21H22N6O2S/c1-2-10-22-16(5-1)19-24-21(29-25-19)15-8-12-27(13-9-15)11-3-7-18-23-20(26-28-18)17-6-4-14-30-17/h1-2,4-6,10,14-15H,3,7-9,11-13H2. The number of nitrogens with zero attached hydrogens (tertiary/aromatic N) is 6. The molecule has 0 aromatic carbocycles. The van der Waals surface area contributed by atoms with Gasteiger partial charge in [-0.05, 0) is 62.5 Å². The van der Waals surface area contributed by atoms with Crippen LogP contribution in [0, 0.1) is 0 Å². The van der Waals surface area contributed by atoms with Crippen molar-refractivity contribution in [2.45, 2.75) is 31.6 Å². The zero-order valence-corrected chi connectivity index (χ0v) is 17.3. The Morgan fingerprint density at radius 3 is 2.70 bits per heavy atom. The monoisotopic (exact) mass is 422 g/mol. The van der Waals surface area contributed by atoms with E-state index < -0.39 is 0 Å². The summed E-state index contributed by atoms with van der Waals surface area (Å²) in [5.41, 5.74) is 0.744. The highest BCUT2D eigenvalue weighted by atomic mass is 32.1. The van der Waals surface area contributed by atoms with Gasteiger partial charge in [0.15, 0.2) is 0 Å². The van der Waals surface area contributed by atoms with Crippen LogP contribution in [0.3, 0.4) is 0 Å². The normalized spacial score (nSPS) is 15.6. The zero-order valence-electron chi connectivity index (χ0n) is 16.5. The highest BCUT2D eigenvalue weighted by molar-refractivity contribution is 7.13. The van der Waals surface area contributed by atoms with Gasteiger partial charge in [-0.25, -0.2) is 0 Å². The number of piperidine rings is 1. The summed E-state index contributed by atoms with van der Waals surface area (Å²) in [6.07, 6.45) is 5.58. The second kappa shape index (κ2) is 8.85. The van der Waals surface area contributed by atoms with E-state index in [0.717, 1.165) is 61.8 Å². The third-order valence-electron chi connectivity index (χ3n) is 5.35. The van der Waals surface area contributed by atoms with E-state index in [9.17, 15) is 0 Å². The predicted molar refractivity (Wildman–Crippen MR) is 112 cm³/mol. The van der Waals surface area contributed by atoms with Crippen molar-refractivity contribution in [1.82, 2.24) is 30.2 Å². The quantitative estimate of drug-likeness (QED) is 0.440. The Bertz CT molecular complexity index is 1050. The molecule has 154 valence electrons. The van der Waals surface area contributed by atoms with Crippen LogP contribution in [-0.2, 0) is 6.42 Å². The molecule has 0 spiro atoms. The number of aryl methyl sites for hydroxylation is 1. The summed E-state index contributed by atoms with van der Waals surface area (Å²) < 4.78 is 10.9. The van der Waals surface area contributed by atoms with Crippen molar-refractivity contribution in [3.8, 4) is 22.2 Å². The highest BCUT2D eigenvalue weighted by Gasteiger charge is 2.25. The molecule has 1 aliphatic rings. The van der Waals surface area contributed by atoms with Crippen LogP contribution in [0.25, 0.3) is 22.2 Å². The summed E-state index contributed by atoms with van der Waals surface area (Å²) >= 11 is 1.62. The molecule has 0 aliphatic carbocycles. The summed E-state index contributed by atoms with van der Waals surface area (Å²) in [5, 5.41) is 10.2. The minimum atomic E-state index is 0.315. The highest BCUT2D eigenvalue weighted by Crippen LogP contribution is 2.28. The minimum Gasteiger partial charge on any atom is -0.339 e. The third kappa shape index (κ3) is 4.31. The fourth-order valence-corrected chi connectivity index (χ4v) is 4.37. The molecular weight excluding hydrogens is 400 g/mol. The minimum absolute atomic E-state index is 0.315. The molecule has 0 amide bonds. The van der Waals surface area contributed by atoms with E-state index in [1.54, 1.807) is 17.5 Å². The molecule has 1 saturated heterocycles. The van der Waals surface area contributed by atoms with Gasteiger partial charge in [0.05, 0.1) is 4.88 Å². The Morgan fingerprint density at radius 1 is 1.00 bits per heavy atom. The summed E-state index contributed by atoms with van der Waals surface area (Å²) in [4.78, 5) is 16.9. The molecule has 0 bridgehead atoms. The van der Waals surface area contributed by atoms with Gasteiger partial charge in [-0.3, -0.25) is 4.98 Å². The summed E-state index contributed by atoms with van der Waals surface area (Å²) in [6, 6.07) is 9.69. The first-order valence-corrected chi connectivity index (χ1v) is 11.1. The van der Waals surface area contributed by atoms with Crippen LogP contribution >= 0.6 is 11.3 Å². The number of aromatic nitrogens is 5. The van der Waals surface area contributed by atoms with Gasteiger partial charge in [0, 0.05) is 18.5 Å². The largest absolute Gasteiger partial charge is 0.339 e. The SMILES string of the molecule is c1ccc(-c2noc(C3CCN(CCCc4nc(-c5cccs5)no4)CC3)n2)nc1. The molecule has 5 heterocycles. The van der Waals surface area contributed by atoms with Crippen molar-refractivity contribution in [2.24, 2.45) is 0 Å². The molecule has 0 unspecified atom stereocenters. The zero-order chi connectivity index (χ0) is 20.2. The van der Waals surface area contributed by atoms with Crippen molar-refractivity contribution in [2.75, 3.05) is 19.6 Å². The lowest BCUT2D eigenvalue weighted by Crippen LogP contribution is -2.34. The Morgan fingerprint density at radius 2 is 1.90 bits per heavy atom. The first kappa shape index (κ1) is 19.1. The number of thiophene rings is 1. The third-order valence-corrected chi connectivity index (χ3v) is 6.21. The average molecular weight is 423 g/mol. The van der Waals surface area contributed by atoms with Crippen LogP contribution in [0.2, 0.25) is 0 Å². The Hall–Kier alpha value is -2.91.